The number of nitrogens with one attached hydrogen (secondary N) is 1. The molecule has 0 radical (unpaired) electrons. The fourth-order valence-corrected chi connectivity index (χ4v) is 6.44. The van der Waals surface area contributed by atoms with E-state index >= 15 is 0 Å². The molecule has 5 heterocycles. The standard InChI is InChI=1S/C27H28N2O5/c1-14(2)16-6-8-17(9-7-16)28-25(31)22-21-10-11-27(34-21)23(22)26(32)29-18(20-5-4-12-33-20)13-19(30)15(3)24(27)29/h4-12,14-15,18,21-24H,13H2,1-3H3,(H,28,31)/t15-,18-,21+,22+,23-,24-,27-/m0/s1. The normalized spacial score (nSPS) is 35.7. The summed E-state index contributed by atoms with van der Waals surface area (Å²) < 4.78 is 12.0. The summed E-state index contributed by atoms with van der Waals surface area (Å²) in [5, 5.41) is 3.00. The third-order valence-electron chi connectivity index (χ3n) is 8.10. The fraction of sp³-hybridized carbons (Fsp3) is 0.444. The molecule has 1 spiro atoms. The second kappa shape index (κ2) is 7.40. The molecule has 0 unspecified atom stereocenters. The van der Waals surface area contributed by atoms with Crippen molar-refractivity contribution in [2.75, 3.05) is 5.32 Å². The molecule has 1 aromatic carbocycles. The smallest absolute Gasteiger partial charge is 0.231 e. The zero-order valence-electron chi connectivity index (χ0n) is 19.4. The largest absolute Gasteiger partial charge is 0.467 e. The van der Waals surface area contributed by atoms with Gasteiger partial charge in [-0.15, -0.1) is 0 Å². The van der Waals surface area contributed by atoms with Crippen molar-refractivity contribution in [3.63, 3.8) is 0 Å². The number of carbonyl (C=O) groups excluding carboxylic acids is 3. The lowest BCUT2D eigenvalue weighted by molar-refractivity contribution is -0.147. The molecule has 7 nitrogen and oxygen atoms in total. The van der Waals surface area contributed by atoms with Gasteiger partial charge in [-0.05, 0) is 35.7 Å². The molecule has 2 bridgehead atoms. The first-order chi connectivity index (χ1) is 16.3. The van der Waals surface area contributed by atoms with Crippen LogP contribution in [-0.4, -0.2) is 40.2 Å². The number of piperidine rings is 1. The van der Waals surface area contributed by atoms with Crippen LogP contribution in [0.1, 0.15) is 50.5 Å². The monoisotopic (exact) mass is 460 g/mol. The summed E-state index contributed by atoms with van der Waals surface area (Å²) >= 11 is 0. The highest BCUT2D eigenvalue weighted by Gasteiger charge is 2.74. The molecule has 34 heavy (non-hydrogen) atoms. The van der Waals surface area contributed by atoms with Crippen molar-refractivity contribution >= 4 is 23.3 Å². The van der Waals surface area contributed by atoms with Gasteiger partial charge in [-0.3, -0.25) is 14.4 Å². The van der Waals surface area contributed by atoms with E-state index in [0.717, 1.165) is 0 Å². The molecule has 2 aromatic rings. The molecule has 4 aliphatic rings. The highest BCUT2D eigenvalue weighted by atomic mass is 16.5. The number of hydrogen-bond donors (Lipinski definition) is 1. The van der Waals surface area contributed by atoms with E-state index in [0.29, 0.717) is 17.4 Å². The van der Waals surface area contributed by atoms with Gasteiger partial charge in [0.2, 0.25) is 11.8 Å². The number of ether oxygens (including phenoxy) is 1. The van der Waals surface area contributed by atoms with E-state index in [4.69, 9.17) is 9.15 Å². The van der Waals surface area contributed by atoms with Gasteiger partial charge in [0.25, 0.3) is 0 Å². The zero-order chi connectivity index (χ0) is 23.8. The van der Waals surface area contributed by atoms with Crippen LogP contribution in [0.2, 0.25) is 0 Å². The summed E-state index contributed by atoms with van der Waals surface area (Å²) in [6, 6.07) is 10.4. The Morgan fingerprint density at radius 1 is 1.18 bits per heavy atom. The van der Waals surface area contributed by atoms with Gasteiger partial charge in [-0.1, -0.05) is 45.1 Å². The molecule has 4 aliphatic heterocycles. The zero-order valence-corrected chi connectivity index (χ0v) is 19.4. The molecule has 3 fully saturated rings. The first-order valence-corrected chi connectivity index (χ1v) is 12.0. The summed E-state index contributed by atoms with van der Waals surface area (Å²) in [6.45, 7) is 6.10. The van der Waals surface area contributed by atoms with Gasteiger partial charge in [0.15, 0.2) is 0 Å². The van der Waals surface area contributed by atoms with E-state index < -0.39 is 41.5 Å². The van der Waals surface area contributed by atoms with Crippen LogP contribution in [-0.2, 0) is 19.1 Å². The number of amides is 2. The number of Topliss-reactive ketones (excluding diaryl/α,β-unsaturated/α-hetero) is 1. The fourth-order valence-electron chi connectivity index (χ4n) is 6.44. The Labute approximate surface area is 198 Å². The predicted octanol–water partition coefficient (Wildman–Crippen LogP) is 3.84. The number of furan rings is 1. The lowest BCUT2D eigenvalue weighted by Crippen LogP contribution is -2.55. The van der Waals surface area contributed by atoms with Gasteiger partial charge in [-0.25, -0.2) is 0 Å². The van der Waals surface area contributed by atoms with Crippen molar-refractivity contribution in [2.24, 2.45) is 17.8 Å². The molecule has 7 heteroatoms. The highest BCUT2D eigenvalue weighted by Crippen LogP contribution is 2.60. The predicted molar refractivity (Wildman–Crippen MR) is 124 cm³/mol. The van der Waals surface area contributed by atoms with Gasteiger partial charge in [-0.2, -0.15) is 0 Å². The number of carbonyl (C=O) groups is 3. The van der Waals surface area contributed by atoms with Gasteiger partial charge in [0, 0.05) is 18.0 Å². The maximum atomic E-state index is 13.9. The molecule has 2 amide bonds. The van der Waals surface area contributed by atoms with Crippen LogP contribution in [0.3, 0.4) is 0 Å². The SMILES string of the molecule is CC(C)c1ccc(NC(=O)[C@H]2[C@H]3C(=O)N4[C@@H]([C@@H](C)C(=O)C[C@H]4c4ccco4)[C@]34C=C[C@H]2O4)cc1. The quantitative estimate of drug-likeness (QED) is 0.701. The minimum absolute atomic E-state index is 0.0732. The third kappa shape index (κ3) is 2.83. The summed E-state index contributed by atoms with van der Waals surface area (Å²) in [6.07, 6.45) is 5.06. The van der Waals surface area contributed by atoms with Crippen molar-refractivity contribution in [3.05, 3.63) is 66.1 Å². The lowest BCUT2D eigenvalue weighted by Gasteiger charge is -2.43. The summed E-state index contributed by atoms with van der Waals surface area (Å²) in [5.41, 5.74) is 0.898. The Morgan fingerprint density at radius 2 is 1.94 bits per heavy atom. The molecule has 0 saturated carbocycles. The maximum Gasteiger partial charge on any atom is 0.231 e. The van der Waals surface area contributed by atoms with Crippen LogP contribution in [0.25, 0.3) is 0 Å². The lowest BCUT2D eigenvalue weighted by atomic mass is 9.70. The summed E-state index contributed by atoms with van der Waals surface area (Å²) in [5.74, 6) is -1.05. The Balaban J connectivity index is 1.34. The van der Waals surface area contributed by atoms with E-state index in [2.05, 4.69) is 19.2 Å². The van der Waals surface area contributed by atoms with Crippen LogP contribution in [0.15, 0.2) is 59.2 Å². The van der Waals surface area contributed by atoms with E-state index in [9.17, 15) is 14.4 Å². The van der Waals surface area contributed by atoms with E-state index in [1.54, 1.807) is 23.3 Å². The molecule has 3 saturated heterocycles. The molecule has 7 atom stereocenters. The molecule has 1 aromatic heterocycles. The minimum Gasteiger partial charge on any atom is -0.467 e. The summed E-state index contributed by atoms with van der Waals surface area (Å²) in [7, 11) is 0. The summed E-state index contributed by atoms with van der Waals surface area (Å²) in [4.78, 5) is 42.2. The molecular weight excluding hydrogens is 432 g/mol. The number of anilines is 1. The molecule has 1 N–H and O–H groups in total. The maximum absolute atomic E-state index is 13.9. The average Bonchev–Trinajstić information content (AvgIpc) is 3.59. The van der Waals surface area contributed by atoms with Crippen LogP contribution < -0.4 is 5.32 Å². The Hall–Kier alpha value is -3.19. The topological polar surface area (TPSA) is 88.9 Å². The van der Waals surface area contributed by atoms with Gasteiger partial charge < -0.3 is 19.4 Å². The number of rotatable bonds is 4. The number of fused-ring (bicyclic) bond motifs is 2. The van der Waals surface area contributed by atoms with Crippen molar-refractivity contribution < 1.29 is 23.5 Å². The van der Waals surface area contributed by atoms with Crippen molar-refractivity contribution in [1.29, 1.82) is 0 Å². The molecular formula is C27H28N2O5. The first kappa shape index (κ1) is 21.4. The minimum atomic E-state index is -0.981. The van der Waals surface area contributed by atoms with Crippen LogP contribution in [0.5, 0.6) is 0 Å². The number of benzene rings is 1. The highest BCUT2D eigenvalue weighted by molar-refractivity contribution is 6.00. The van der Waals surface area contributed by atoms with Crippen LogP contribution in [0.4, 0.5) is 5.69 Å². The first-order valence-electron chi connectivity index (χ1n) is 12.0. The second-order valence-electron chi connectivity index (χ2n) is 10.2. The third-order valence-corrected chi connectivity index (χ3v) is 8.10. The molecule has 6 rings (SSSR count). The Morgan fingerprint density at radius 3 is 2.62 bits per heavy atom. The Kier molecular flexibility index (Phi) is 4.65. The van der Waals surface area contributed by atoms with Crippen molar-refractivity contribution in [3.8, 4) is 0 Å². The average molecular weight is 461 g/mol. The molecule has 176 valence electrons. The number of ketones is 1. The van der Waals surface area contributed by atoms with Crippen molar-refractivity contribution in [1.82, 2.24) is 4.90 Å². The number of nitrogens with zero attached hydrogens (tertiary/aromatic N) is 1. The van der Waals surface area contributed by atoms with E-state index in [1.165, 1.54) is 5.56 Å². The van der Waals surface area contributed by atoms with Gasteiger partial charge in [0.1, 0.15) is 17.1 Å². The molecule has 0 aliphatic carbocycles. The van der Waals surface area contributed by atoms with Crippen molar-refractivity contribution in [2.45, 2.75) is 56.9 Å². The van der Waals surface area contributed by atoms with E-state index in [1.807, 2.05) is 43.3 Å². The van der Waals surface area contributed by atoms with Crippen LogP contribution in [0, 0.1) is 17.8 Å². The second-order valence-corrected chi connectivity index (χ2v) is 10.2. The Bertz CT molecular complexity index is 1180. The van der Waals surface area contributed by atoms with Gasteiger partial charge >= 0.3 is 0 Å². The van der Waals surface area contributed by atoms with Gasteiger partial charge in [0.05, 0.1) is 36.3 Å². The number of hydrogen-bond acceptors (Lipinski definition) is 5. The van der Waals surface area contributed by atoms with Crippen LogP contribution >= 0.6 is 0 Å². The van der Waals surface area contributed by atoms with E-state index in [-0.39, 0.29) is 24.0 Å².